The summed E-state index contributed by atoms with van der Waals surface area (Å²) in [4.78, 5) is 30.2. The van der Waals surface area contributed by atoms with E-state index in [0.29, 0.717) is 26.1 Å². The third-order valence-corrected chi connectivity index (χ3v) is 7.24. The number of rotatable bonds is 6. The normalized spacial score (nSPS) is 18.9. The number of amides is 2. The molecule has 1 atom stereocenters. The Morgan fingerprint density at radius 3 is 2.38 bits per heavy atom. The highest BCUT2D eigenvalue weighted by molar-refractivity contribution is 5.87. The molecule has 5 nitrogen and oxygen atoms in total. The van der Waals surface area contributed by atoms with E-state index in [1.165, 1.54) is 16.3 Å². The van der Waals surface area contributed by atoms with E-state index in [4.69, 9.17) is 4.74 Å². The number of para-hydroxylation sites is 1. The number of benzene rings is 3. The van der Waals surface area contributed by atoms with Crippen LogP contribution in [-0.2, 0) is 9.59 Å². The van der Waals surface area contributed by atoms with Gasteiger partial charge in [0.1, 0.15) is 5.75 Å². The van der Waals surface area contributed by atoms with Gasteiger partial charge in [-0.25, -0.2) is 0 Å². The largest absolute Gasteiger partial charge is 0.493 e. The molecule has 5 rings (SSSR count). The molecular weight excluding hydrogens is 424 g/mol. The van der Waals surface area contributed by atoms with E-state index in [1.54, 1.807) is 0 Å². The Labute approximate surface area is 201 Å². The number of piperidine rings is 1. The quantitative estimate of drug-likeness (QED) is 0.512. The van der Waals surface area contributed by atoms with Gasteiger partial charge in [-0.3, -0.25) is 9.59 Å². The van der Waals surface area contributed by atoms with Crippen molar-refractivity contribution >= 4 is 22.6 Å². The molecular formula is C29H32N2O3. The van der Waals surface area contributed by atoms with Crippen LogP contribution in [0.4, 0.5) is 0 Å². The molecule has 2 amide bonds. The number of hydrogen-bond acceptors (Lipinski definition) is 3. The van der Waals surface area contributed by atoms with Gasteiger partial charge >= 0.3 is 0 Å². The van der Waals surface area contributed by atoms with Crippen molar-refractivity contribution in [2.24, 2.45) is 5.92 Å². The molecule has 0 aliphatic carbocycles. The van der Waals surface area contributed by atoms with Crippen LogP contribution < -0.4 is 4.74 Å². The molecule has 1 unspecified atom stereocenters. The number of nitrogens with zero attached hydrogens (tertiary/aromatic N) is 2. The van der Waals surface area contributed by atoms with Crippen molar-refractivity contribution in [3.05, 3.63) is 78.4 Å². The summed E-state index contributed by atoms with van der Waals surface area (Å²) in [6.45, 7) is 2.49. The Kier molecular flexibility index (Phi) is 6.79. The molecule has 0 radical (unpaired) electrons. The van der Waals surface area contributed by atoms with Gasteiger partial charge in [-0.15, -0.1) is 0 Å². The summed E-state index contributed by atoms with van der Waals surface area (Å²) in [6, 6.07) is 24.6. The van der Waals surface area contributed by atoms with Crippen LogP contribution in [0, 0.1) is 5.92 Å². The first-order valence-electron chi connectivity index (χ1n) is 12.4. The van der Waals surface area contributed by atoms with Crippen molar-refractivity contribution < 1.29 is 14.3 Å². The Morgan fingerprint density at radius 2 is 1.56 bits per heavy atom. The highest BCUT2D eigenvalue weighted by Gasteiger charge is 2.36. The zero-order chi connectivity index (χ0) is 23.3. The molecule has 2 heterocycles. The second-order valence-electron chi connectivity index (χ2n) is 9.32. The summed E-state index contributed by atoms with van der Waals surface area (Å²) in [5.41, 5.74) is 1.26. The summed E-state index contributed by atoms with van der Waals surface area (Å²) < 4.78 is 5.67. The molecule has 2 fully saturated rings. The highest BCUT2D eigenvalue weighted by Crippen LogP contribution is 2.37. The third-order valence-electron chi connectivity index (χ3n) is 7.24. The molecule has 0 saturated carbocycles. The summed E-state index contributed by atoms with van der Waals surface area (Å²) >= 11 is 0. The third kappa shape index (κ3) is 4.79. The van der Waals surface area contributed by atoms with E-state index in [9.17, 15) is 9.59 Å². The van der Waals surface area contributed by atoms with Crippen LogP contribution in [0.15, 0.2) is 72.8 Å². The number of likely N-dealkylation sites (tertiary alicyclic amines) is 2. The van der Waals surface area contributed by atoms with Gasteiger partial charge in [-0.1, -0.05) is 60.7 Å². The molecule has 176 valence electrons. The first-order valence-corrected chi connectivity index (χ1v) is 12.4. The van der Waals surface area contributed by atoms with Gasteiger partial charge in [-0.05, 0) is 54.2 Å². The Bertz CT molecular complexity index is 1130. The predicted octanol–water partition coefficient (Wildman–Crippen LogP) is 5.21. The minimum atomic E-state index is 0.000181. The van der Waals surface area contributed by atoms with Crippen molar-refractivity contribution in [3.8, 4) is 5.75 Å². The standard InChI is InChI=1S/C29H32N2O3/c32-28(17-21-34-24-10-2-1-3-11-24)30-19-15-23(16-20-30)29(33)31-18-7-14-27(31)26-13-6-9-22-8-4-5-12-25(22)26/h1-6,8-13,23,27H,7,14-21H2. The number of ether oxygens (including phenoxy) is 1. The first-order chi connectivity index (χ1) is 16.7. The van der Waals surface area contributed by atoms with Gasteiger partial charge in [-0.2, -0.15) is 0 Å². The molecule has 0 N–H and O–H groups in total. The fourth-order valence-corrected chi connectivity index (χ4v) is 5.44. The van der Waals surface area contributed by atoms with Gasteiger partial charge in [0.25, 0.3) is 0 Å². The number of hydrogen-bond donors (Lipinski definition) is 0. The lowest BCUT2D eigenvalue weighted by molar-refractivity contribution is -0.141. The predicted molar refractivity (Wildman–Crippen MR) is 133 cm³/mol. The first kappa shape index (κ1) is 22.5. The Hall–Kier alpha value is -3.34. The van der Waals surface area contributed by atoms with E-state index >= 15 is 0 Å². The van der Waals surface area contributed by atoms with E-state index in [2.05, 4.69) is 47.4 Å². The maximum Gasteiger partial charge on any atom is 0.226 e. The molecule has 2 saturated heterocycles. The fraction of sp³-hybridized carbons (Fsp3) is 0.379. The summed E-state index contributed by atoms with van der Waals surface area (Å²) in [5.74, 6) is 1.15. The lowest BCUT2D eigenvalue weighted by atomic mass is 9.93. The SMILES string of the molecule is O=C(CCOc1ccccc1)N1CCC(C(=O)N2CCCC2c2cccc3ccccc23)CC1. The van der Waals surface area contributed by atoms with E-state index in [0.717, 1.165) is 38.0 Å². The maximum atomic E-state index is 13.5. The van der Waals surface area contributed by atoms with E-state index in [1.807, 2.05) is 35.2 Å². The number of carbonyl (C=O) groups is 2. The summed E-state index contributed by atoms with van der Waals surface area (Å²) in [5, 5.41) is 2.47. The monoisotopic (exact) mass is 456 g/mol. The lowest BCUT2D eigenvalue weighted by Gasteiger charge is -2.35. The van der Waals surface area contributed by atoms with Crippen LogP contribution >= 0.6 is 0 Å². The average Bonchev–Trinajstić information content (AvgIpc) is 3.38. The van der Waals surface area contributed by atoms with Gasteiger partial charge in [0.15, 0.2) is 0 Å². The van der Waals surface area contributed by atoms with Crippen LogP contribution in [0.2, 0.25) is 0 Å². The molecule has 2 aliphatic heterocycles. The van der Waals surface area contributed by atoms with Crippen LogP contribution in [-0.4, -0.2) is 47.9 Å². The smallest absolute Gasteiger partial charge is 0.226 e. The van der Waals surface area contributed by atoms with Crippen molar-refractivity contribution in [3.63, 3.8) is 0 Å². The minimum Gasteiger partial charge on any atom is -0.493 e. The molecule has 0 bridgehead atoms. The van der Waals surface area contributed by atoms with Crippen molar-refractivity contribution in [1.29, 1.82) is 0 Å². The molecule has 0 spiro atoms. The molecule has 2 aliphatic rings. The van der Waals surface area contributed by atoms with Crippen molar-refractivity contribution in [2.45, 2.75) is 38.1 Å². The second-order valence-corrected chi connectivity index (χ2v) is 9.32. The zero-order valence-electron chi connectivity index (χ0n) is 19.6. The van der Waals surface area contributed by atoms with Crippen LogP contribution in [0.25, 0.3) is 10.8 Å². The zero-order valence-corrected chi connectivity index (χ0v) is 19.6. The summed E-state index contributed by atoms with van der Waals surface area (Å²) in [6.07, 6.45) is 3.89. The average molecular weight is 457 g/mol. The second kappa shape index (κ2) is 10.3. The lowest BCUT2D eigenvalue weighted by Crippen LogP contribution is -2.44. The van der Waals surface area contributed by atoms with Crippen LogP contribution in [0.3, 0.4) is 0 Å². The van der Waals surface area contributed by atoms with Gasteiger partial charge in [0, 0.05) is 25.6 Å². The van der Waals surface area contributed by atoms with E-state index in [-0.39, 0.29) is 23.8 Å². The van der Waals surface area contributed by atoms with E-state index < -0.39 is 0 Å². The molecule has 0 aromatic heterocycles. The van der Waals surface area contributed by atoms with Crippen LogP contribution in [0.1, 0.15) is 43.7 Å². The Morgan fingerprint density at radius 1 is 0.824 bits per heavy atom. The van der Waals surface area contributed by atoms with Gasteiger partial charge in [0.05, 0.1) is 19.1 Å². The van der Waals surface area contributed by atoms with Crippen LogP contribution in [0.5, 0.6) is 5.75 Å². The Balaban J connectivity index is 1.16. The number of fused-ring (bicyclic) bond motifs is 1. The summed E-state index contributed by atoms with van der Waals surface area (Å²) in [7, 11) is 0. The van der Waals surface area contributed by atoms with Gasteiger partial charge in [0.2, 0.25) is 11.8 Å². The number of carbonyl (C=O) groups excluding carboxylic acids is 2. The van der Waals surface area contributed by atoms with Gasteiger partial charge < -0.3 is 14.5 Å². The van der Waals surface area contributed by atoms with Crippen molar-refractivity contribution in [2.75, 3.05) is 26.2 Å². The van der Waals surface area contributed by atoms with Crippen molar-refractivity contribution in [1.82, 2.24) is 9.80 Å². The molecule has 3 aromatic rings. The minimum absolute atomic E-state index is 0.000181. The molecule has 5 heteroatoms. The molecule has 34 heavy (non-hydrogen) atoms. The topological polar surface area (TPSA) is 49.9 Å². The maximum absolute atomic E-state index is 13.5. The fourth-order valence-electron chi connectivity index (χ4n) is 5.44. The molecule has 3 aromatic carbocycles. The highest BCUT2D eigenvalue weighted by atomic mass is 16.5.